The molecule has 0 aromatic heterocycles. The van der Waals surface area contributed by atoms with Gasteiger partial charge in [-0.05, 0) is 54.3 Å². The average Bonchev–Trinajstić information content (AvgIpc) is 3.13. The lowest BCUT2D eigenvalue weighted by molar-refractivity contribution is -0.147. The third-order valence-corrected chi connectivity index (χ3v) is 5.70. The van der Waals surface area contributed by atoms with Gasteiger partial charge in [0.2, 0.25) is 10.0 Å². The van der Waals surface area contributed by atoms with Crippen LogP contribution in [0.1, 0.15) is 17.5 Å². The maximum Gasteiger partial charge on any atom is 0.306 e. The zero-order valence-electron chi connectivity index (χ0n) is 16.3. The summed E-state index contributed by atoms with van der Waals surface area (Å²) in [5.41, 5.74) is 2.01. The third kappa shape index (κ3) is 4.89. The van der Waals surface area contributed by atoms with E-state index in [0.717, 1.165) is 5.56 Å². The number of ether oxygens (including phenoxy) is 2. The summed E-state index contributed by atoms with van der Waals surface area (Å²) in [6.45, 7) is -0.0476. The predicted molar refractivity (Wildman–Crippen MR) is 108 cm³/mol. The predicted octanol–water partition coefficient (Wildman–Crippen LogP) is 1.11. The molecule has 0 fully saturated rings. The first kappa shape index (κ1) is 21.6. The first-order chi connectivity index (χ1) is 14.2. The Morgan fingerprint density at radius 3 is 2.63 bits per heavy atom. The van der Waals surface area contributed by atoms with E-state index in [1.807, 2.05) is 0 Å². The number of hydrogen-bond donors (Lipinski definition) is 2. The van der Waals surface area contributed by atoms with E-state index >= 15 is 0 Å². The van der Waals surface area contributed by atoms with Crippen molar-refractivity contribution in [3.8, 4) is 11.5 Å². The Kier molecular flexibility index (Phi) is 6.28. The van der Waals surface area contributed by atoms with Crippen LogP contribution in [0.5, 0.6) is 11.5 Å². The molecule has 3 N–H and O–H groups in total. The number of aromatic hydroxyl groups is 1. The second-order valence-electron chi connectivity index (χ2n) is 6.80. The van der Waals surface area contributed by atoms with Gasteiger partial charge in [-0.3, -0.25) is 9.59 Å². The van der Waals surface area contributed by atoms with E-state index in [0.29, 0.717) is 36.4 Å². The summed E-state index contributed by atoms with van der Waals surface area (Å²) >= 11 is 0. The molecule has 0 spiro atoms. The summed E-state index contributed by atoms with van der Waals surface area (Å²) in [4.78, 5) is 25.9. The number of phenols is 1. The van der Waals surface area contributed by atoms with Gasteiger partial charge in [0.25, 0.3) is 5.91 Å². The Bertz CT molecular complexity index is 1080. The van der Waals surface area contributed by atoms with E-state index in [2.05, 4.69) is 0 Å². The van der Waals surface area contributed by atoms with Crippen molar-refractivity contribution in [1.82, 2.24) is 0 Å². The zero-order chi connectivity index (χ0) is 21.9. The fourth-order valence-electron chi connectivity index (χ4n) is 3.24. The van der Waals surface area contributed by atoms with Gasteiger partial charge in [0.1, 0.15) is 0 Å². The Balaban J connectivity index is 1.53. The number of benzene rings is 2. The van der Waals surface area contributed by atoms with Gasteiger partial charge in [-0.1, -0.05) is 6.07 Å². The molecule has 10 heteroatoms. The van der Waals surface area contributed by atoms with Gasteiger partial charge in [0, 0.05) is 18.7 Å². The number of rotatable bonds is 7. The van der Waals surface area contributed by atoms with Gasteiger partial charge in [0.05, 0.1) is 12.0 Å². The highest BCUT2D eigenvalue weighted by Crippen LogP contribution is 2.30. The fourth-order valence-corrected chi connectivity index (χ4v) is 3.81. The lowest BCUT2D eigenvalue weighted by Crippen LogP contribution is -2.33. The van der Waals surface area contributed by atoms with E-state index in [-0.39, 0.29) is 17.1 Å². The number of nitrogens with two attached hydrogens (primary N) is 1. The van der Waals surface area contributed by atoms with E-state index in [1.165, 1.54) is 36.3 Å². The number of hydrogen-bond acceptors (Lipinski definition) is 7. The quantitative estimate of drug-likeness (QED) is 0.623. The van der Waals surface area contributed by atoms with Crippen molar-refractivity contribution in [2.24, 2.45) is 5.14 Å². The highest BCUT2D eigenvalue weighted by Gasteiger charge is 2.26. The van der Waals surface area contributed by atoms with Crippen molar-refractivity contribution in [2.45, 2.75) is 24.2 Å². The molecule has 0 unspecified atom stereocenters. The Morgan fingerprint density at radius 1 is 1.20 bits per heavy atom. The molecule has 1 amide bonds. The third-order valence-electron chi connectivity index (χ3n) is 4.79. The number of aryl methyl sites for hydroxylation is 1. The molecule has 0 radical (unpaired) electrons. The summed E-state index contributed by atoms with van der Waals surface area (Å²) in [5.74, 6) is -0.610. The molecule has 9 nitrogen and oxygen atoms in total. The lowest BCUT2D eigenvalue weighted by atomic mass is 10.1. The van der Waals surface area contributed by atoms with Crippen LogP contribution in [0.15, 0.2) is 41.3 Å². The smallest absolute Gasteiger partial charge is 0.306 e. The molecule has 1 aliphatic heterocycles. The molecule has 0 aliphatic carbocycles. The second kappa shape index (κ2) is 8.72. The van der Waals surface area contributed by atoms with Crippen LogP contribution in [0.3, 0.4) is 0 Å². The lowest BCUT2D eigenvalue weighted by Gasteiger charge is -2.17. The summed E-state index contributed by atoms with van der Waals surface area (Å²) < 4.78 is 33.0. The minimum atomic E-state index is -3.82. The number of nitrogens with zero attached hydrogens (tertiary/aromatic N) is 1. The number of sulfonamides is 1. The van der Waals surface area contributed by atoms with Crippen LogP contribution in [0.2, 0.25) is 0 Å². The second-order valence-corrected chi connectivity index (χ2v) is 8.36. The maximum atomic E-state index is 12.4. The monoisotopic (exact) mass is 434 g/mol. The molecule has 3 rings (SSSR count). The van der Waals surface area contributed by atoms with Gasteiger partial charge in [-0.25, -0.2) is 13.6 Å². The van der Waals surface area contributed by atoms with Gasteiger partial charge in [0.15, 0.2) is 18.1 Å². The molecule has 160 valence electrons. The molecule has 2 aromatic carbocycles. The van der Waals surface area contributed by atoms with Crippen LogP contribution in [0.25, 0.3) is 0 Å². The molecule has 1 aliphatic rings. The van der Waals surface area contributed by atoms with E-state index in [1.54, 1.807) is 12.1 Å². The fraction of sp³-hybridized carbons (Fsp3) is 0.300. The standard InChI is InChI=1S/C20H22N2O7S/c1-28-18-6-2-13(10-17(18)23)3-7-20(25)29-12-19(24)22-9-8-14-11-15(30(21,26)27)4-5-16(14)22/h2,4-6,10-11,23H,3,7-9,12H2,1H3,(H2,21,26,27). The largest absolute Gasteiger partial charge is 0.504 e. The first-order valence-electron chi connectivity index (χ1n) is 9.16. The van der Waals surface area contributed by atoms with Crippen LogP contribution in [0.4, 0.5) is 5.69 Å². The van der Waals surface area contributed by atoms with Crippen LogP contribution >= 0.6 is 0 Å². The van der Waals surface area contributed by atoms with Crippen molar-refractivity contribution in [1.29, 1.82) is 0 Å². The Hall–Kier alpha value is -3.11. The molecule has 30 heavy (non-hydrogen) atoms. The molecular weight excluding hydrogens is 412 g/mol. The molecular formula is C20H22N2O7S. The van der Waals surface area contributed by atoms with Crippen molar-refractivity contribution in [2.75, 3.05) is 25.2 Å². The summed E-state index contributed by atoms with van der Waals surface area (Å²) in [6.07, 6.45) is 0.875. The first-order valence-corrected chi connectivity index (χ1v) is 10.7. The van der Waals surface area contributed by atoms with Crippen LogP contribution in [-0.4, -0.2) is 45.7 Å². The van der Waals surface area contributed by atoms with Crippen molar-refractivity contribution in [3.05, 3.63) is 47.5 Å². The minimum Gasteiger partial charge on any atom is -0.504 e. The zero-order valence-corrected chi connectivity index (χ0v) is 17.1. The highest BCUT2D eigenvalue weighted by molar-refractivity contribution is 7.89. The number of fused-ring (bicyclic) bond motifs is 1. The molecule has 0 atom stereocenters. The molecule has 0 bridgehead atoms. The van der Waals surface area contributed by atoms with Crippen LogP contribution < -0.4 is 14.8 Å². The molecule has 0 saturated carbocycles. The maximum absolute atomic E-state index is 12.4. The summed E-state index contributed by atoms with van der Waals surface area (Å²) in [5, 5.41) is 14.9. The number of phenolic OH excluding ortho intramolecular Hbond substituents is 1. The normalized spacial score (nSPS) is 13.1. The molecule has 1 heterocycles. The number of carbonyl (C=O) groups is 2. The van der Waals surface area contributed by atoms with Crippen molar-refractivity contribution in [3.63, 3.8) is 0 Å². The van der Waals surface area contributed by atoms with Gasteiger partial charge in [-0.15, -0.1) is 0 Å². The minimum absolute atomic E-state index is 0.00783. The van der Waals surface area contributed by atoms with Crippen LogP contribution in [-0.2, 0) is 37.2 Å². The number of methoxy groups -OCH3 is 1. The number of anilines is 1. The highest BCUT2D eigenvalue weighted by atomic mass is 32.2. The number of amides is 1. The average molecular weight is 434 g/mol. The topological polar surface area (TPSA) is 136 Å². The number of esters is 1. The van der Waals surface area contributed by atoms with Crippen molar-refractivity contribution >= 4 is 27.6 Å². The van der Waals surface area contributed by atoms with E-state index < -0.39 is 28.5 Å². The SMILES string of the molecule is COc1ccc(CCC(=O)OCC(=O)N2CCc3cc(S(N)(=O)=O)ccc32)cc1O. The van der Waals surface area contributed by atoms with E-state index in [9.17, 15) is 23.1 Å². The van der Waals surface area contributed by atoms with Gasteiger partial charge in [-0.2, -0.15) is 0 Å². The van der Waals surface area contributed by atoms with E-state index in [4.69, 9.17) is 14.6 Å². The number of carbonyl (C=O) groups excluding carboxylic acids is 2. The Morgan fingerprint density at radius 2 is 1.97 bits per heavy atom. The number of primary sulfonamides is 1. The van der Waals surface area contributed by atoms with Crippen LogP contribution in [0, 0.1) is 0 Å². The summed E-state index contributed by atoms with van der Waals surface area (Å²) in [6, 6.07) is 9.16. The Labute approximate surface area is 174 Å². The van der Waals surface area contributed by atoms with Gasteiger partial charge < -0.3 is 19.5 Å². The molecule has 0 saturated heterocycles. The summed E-state index contributed by atoms with van der Waals surface area (Å²) in [7, 11) is -2.37. The van der Waals surface area contributed by atoms with Crippen molar-refractivity contribution < 1.29 is 32.6 Å². The molecule has 2 aromatic rings. The van der Waals surface area contributed by atoms with Gasteiger partial charge >= 0.3 is 5.97 Å².